The second-order valence-corrected chi connectivity index (χ2v) is 3.48. The van der Waals surface area contributed by atoms with Crippen molar-refractivity contribution in [3.05, 3.63) is 0 Å². The van der Waals surface area contributed by atoms with E-state index in [9.17, 15) is 4.79 Å². The van der Waals surface area contributed by atoms with Crippen LogP contribution < -0.4 is 0 Å². The Morgan fingerprint density at radius 2 is 2.00 bits per heavy atom. The third-order valence-corrected chi connectivity index (χ3v) is 2.67. The van der Waals surface area contributed by atoms with Gasteiger partial charge in [0.25, 0.3) is 0 Å². The zero-order valence-corrected chi connectivity index (χ0v) is 6.80. The Hall–Kier alpha value is -0.570. The molecule has 2 saturated heterocycles. The van der Waals surface area contributed by atoms with Crippen molar-refractivity contribution >= 4 is 5.91 Å². The van der Waals surface area contributed by atoms with Gasteiger partial charge in [0.15, 0.2) is 0 Å². The van der Waals surface area contributed by atoms with E-state index in [-0.39, 0.29) is 11.5 Å². The summed E-state index contributed by atoms with van der Waals surface area (Å²) in [6.45, 7) is 4.31. The summed E-state index contributed by atoms with van der Waals surface area (Å²) < 4.78 is 5.33. The van der Waals surface area contributed by atoms with E-state index in [1.807, 2.05) is 4.90 Å². The predicted octanol–water partition coefficient (Wildman–Crippen LogP) is 0.398. The fraction of sp³-hybridized carbons (Fsp3) is 0.875. The van der Waals surface area contributed by atoms with E-state index in [0.717, 1.165) is 32.5 Å². The van der Waals surface area contributed by atoms with Gasteiger partial charge in [0.1, 0.15) is 0 Å². The number of piperidine rings is 1. The van der Waals surface area contributed by atoms with E-state index in [1.165, 1.54) is 0 Å². The van der Waals surface area contributed by atoms with Crippen LogP contribution in [-0.2, 0) is 9.53 Å². The van der Waals surface area contributed by atoms with Crippen LogP contribution in [0.3, 0.4) is 0 Å². The number of carbonyl (C=O) groups is 1. The zero-order valence-electron chi connectivity index (χ0n) is 6.80. The van der Waals surface area contributed by atoms with E-state index in [2.05, 4.69) is 0 Å². The molecule has 0 aliphatic carbocycles. The van der Waals surface area contributed by atoms with Crippen LogP contribution in [0.25, 0.3) is 0 Å². The molecular formula is C8H13NO2. The fourth-order valence-corrected chi connectivity index (χ4v) is 1.62. The number of epoxide rings is 1. The summed E-state index contributed by atoms with van der Waals surface area (Å²) in [4.78, 5) is 12.8. The molecule has 3 nitrogen and oxygen atoms in total. The second kappa shape index (κ2) is 2.21. The van der Waals surface area contributed by atoms with Crippen LogP contribution in [0.2, 0.25) is 0 Å². The maximum absolute atomic E-state index is 10.9. The Balaban J connectivity index is 1.89. The second-order valence-electron chi connectivity index (χ2n) is 3.48. The molecule has 62 valence electrons. The highest BCUT2D eigenvalue weighted by Crippen LogP contribution is 2.37. The molecule has 2 heterocycles. The Morgan fingerprint density at radius 3 is 2.36 bits per heavy atom. The predicted molar refractivity (Wildman–Crippen MR) is 40.2 cm³/mol. The molecule has 11 heavy (non-hydrogen) atoms. The molecule has 0 radical (unpaired) electrons. The number of carbonyl (C=O) groups excluding carboxylic acids is 1. The molecule has 0 N–H and O–H groups in total. The van der Waals surface area contributed by atoms with E-state index < -0.39 is 0 Å². The molecule has 0 unspecified atom stereocenters. The summed E-state index contributed by atoms with van der Waals surface area (Å²) in [5, 5.41) is 0. The van der Waals surface area contributed by atoms with Gasteiger partial charge in [-0.1, -0.05) is 0 Å². The van der Waals surface area contributed by atoms with Crippen molar-refractivity contribution in [1.82, 2.24) is 4.90 Å². The number of ether oxygens (including phenoxy) is 1. The average Bonchev–Trinajstić information content (AvgIpc) is 2.70. The molecule has 0 aromatic heterocycles. The minimum atomic E-state index is 0.195. The highest BCUT2D eigenvalue weighted by atomic mass is 16.6. The highest BCUT2D eigenvalue weighted by Gasteiger charge is 2.46. The van der Waals surface area contributed by atoms with Gasteiger partial charge >= 0.3 is 0 Å². The van der Waals surface area contributed by atoms with Crippen LogP contribution in [0.5, 0.6) is 0 Å². The molecule has 1 amide bonds. The van der Waals surface area contributed by atoms with E-state index >= 15 is 0 Å². The lowest BCUT2D eigenvalue weighted by Crippen LogP contribution is -2.40. The van der Waals surface area contributed by atoms with Gasteiger partial charge in [-0.15, -0.1) is 0 Å². The minimum Gasteiger partial charge on any atom is -0.369 e. The first-order valence-electron chi connectivity index (χ1n) is 4.11. The summed E-state index contributed by atoms with van der Waals surface area (Å²) in [6.07, 6.45) is 2.07. The Morgan fingerprint density at radius 1 is 1.45 bits per heavy atom. The Kier molecular flexibility index (Phi) is 1.42. The summed E-state index contributed by atoms with van der Waals surface area (Å²) in [5.41, 5.74) is 0.200. The smallest absolute Gasteiger partial charge is 0.219 e. The van der Waals surface area contributed by atoms with Crippen molar-refractivity contribution in [3.63, 3.8) is 0 Å². The molecule has 2 aliphatic heterocycles. The molecule has 0 aromatic rings. The van der Waals surface area contributed by atoms with Crippen LogP contribution in [0, 0.1) is 0 Å². The molecule has 0 bridgehead atoms. The van der Waals surface area contributed by atoms with Crippen molar-refractivity contribution in [2.45, 2.75) is 25.4 Å². The maximum Gasteiger partial charge on any atom is 0.219 e. The van der Waals surface area contributed by atoms with Crippen LogP contribution in [0.1, 0.15) is 19.8 Å². The molecule has 1 spiro atoms. The largest absolute Gasteiger partial charge is 0.369 e. The quantitative estimate of drug-likeness (QED) is 0.474. The summed E-state index contributed by atoms with van der Waals surface area (Å²) in [6, 6.07) is 0. The molecule has 0 atom stereocenters. The highest BCUT2D eigenvalue weighted by molar-refractivity contribution is 5.73. The Bertz CT molecular complexity index is 177. The standard InChI is InChI=1S/C8H13NO2/c1-7(10)9-4-2-8(3-5-9)6-11-8/h2-6H2,1H3. The molecule has 0 saturated carbocycles. The molecule has 2 aliphatic rings. The minimum absolute atomic E-state index is 0.195. The van der Waals surface area contributed by atoms with Crippen molar-refractivity contribution in [2.24, 2.45) is 0 Å². The van der Waals surface area contributed by atoms with Crippen molar-refractivity contribution < 1.29 is 9.53 Å². The number of hydrogen-bond donors (Lipinski definition) is 0. The lowest BCUT2D eigenvalue weighted by molar-refractivity contribution is -0.130. The first-order chi connectivity index (χ1) is 5.22. The summed E-state index contributed by atoms with van der Waals surface area (Å²) in [7, 11) is 0. The van der Waals surface area contributed by atoms with Gasteiger partial charge in [0.05, 0.1) is 12.2 Å². The molecule has 3 heteroatoms. The first-order valence-corrected chi connectivity index (χ1v) is 4.11. The SMILES string of the molecule is CC(=O)N1CCC2(CC1)CO2. The van der Waals surface area contributed by atoms with Gasteiger partial charge in [-0.3, -0.25) is 4.79 Å². The third-order valence-electron chi connectivity index (χ3n) is 2.67. The van der Waals surface area contributed by atoms with Gasteiger partial charge in [-0.25, -0.2) is 0 Å². The normalized spacial score (nSPS) is 27.2. The van der Waals surface area contributed by atoms with Crippen LogP contribution in [0.4, 0.5) is 0 Å². The number of rotatable bonds is 0. The topological polar surface area (TPSA) is 32.8 Å². The first kappa shape index (κ1) is 7.10. The van der Waals surface area contributed by atoms with Gasteiger partial charge in [-0.2, -0.15) is 0 Å². The summed E-state index contributed by atoms with van der Waals surface area (Å²) >= 11 is 0. The van der Waals surface area contributed by atoms with Gasteiger partial charge in [0, 0.05) is 20.0 Å². The van der Waals surface area contributed by atoms with Crippen molar-refractivity contribution in [1.29, 1.82) is 0 Å². The average molecular weight is 155 g/mol. The van der Waals surface area contributed by atoms with E-state index in [4.69, 9.17) is 4.74 Å². The number of likely N-dealkylation sites (tertiary alicyclic amines) is 1. The monoisotopic (exact) mass is 155 g/mol. The van der Waals surface area contributed by atoms with Crippen LogP contribution >= 0.6 is 0 Å². The molecule has 0 aromatic carbocycles. The van der Waals surface area contributed by atoms with E-state index in [0.29, 0.717) is 0 Å². The molecule has 2 fully saturated rings. The molecule has 2 rings (SSSR count). The lowest BCUT2D eigenvalue weighted by atomic mass is 9.98. The summed E-state index contributed by atoms with van der Waals surface area (Å²) in [5.74, 6) is 0.195. The number of nitrogens with zero attached hydrogens (tertiary/aromatic N) is 1. The number of amides is 1. The zero-order chi connectivity index (χ0) is 7.90. The van der Waals surface area contributed by atoms with Crippen molar-refractivity contribution in [2.75, 3.05) is 19.7 Å². The molecular weight excluding hydrogens is 142 g/mol. The third kappa shape index (κ3) is 1.25. The maximum atomic E-state index is 10.9. The van der Waals surface area contributed by atoms with Crippen LogP contribution in [-0.4, -0.2) is 36.1 Å². The lowest BCUT2D eigenvalue weighted by Gasteiger charge is -2.29. The van der Waals surface area contributed by atoms with Gasteiger partial charge < -0.3 is 9.64 Å². The van der Waals surface area contributed by atoms with Crippen molar-refractivity contribution in [3.8, 4) is 0 Å². The van der Waals surface area contributed by atoms with E-state index in [1.54, 1.807) is 6.92 Å². The van der Waals surface area contributed by atoms with Crippen LogP contribution in [0.15, 0.2) is 0 Å². The number of hydrogen-bond acceptors (Lipinski definition) is 2. The fourth-order valence-electron chi connectivity index (χ4n) is 1.62. The van der Waals surface area contributed by atoms with Gasteiger partial charge in [-0.05, 0) is 12.8 Å². The van der Waals surface area contributed by atoms with Gasteiger partial charge in [0.2, 0.25) is 5.91 Å². The Labute approximate surface area is 66.3 Å².